The quantitative estimate of drug-likeness (QED) is 0.593. The number of halogens is 2. The van der Waals surface area contributed by atoms with Crippen LogP contribution in [0, 0.1) is 11.7 Å². The molecular weight excluding hydrogens is 405 g/mol. The van der Waals surface area contributed by atoms with Gasteiger partial charge in [-0.25, -0.2) is 18.2 Å². The van der Waals surface area contributed by atoms with Gasteiger partial charge in [0, 0.05) is 24.0 Å². The first-order chi connectivity index (χ1) is 13.4. The lowest BCUT2D eigenvalue weighted by molar-refractivity contribution is -0.126. The highest BCUT2D eigenvalue weighted by atomic mass is 35.5. The van der Waals surface area contributed by atoms with Crippen molar-refractivity contribution in [3.05, 3.63) is 64.9 Å². The van der Waals surface area contributed by atoms with Crippen LogP contribution < -0.4 is 5.43 Å². The fourth-order valence-corrected chi connectivity index (χ4v) is 4.52. The smallest absolute Gasteiger partial charge is 0.243 e. The lowest BCUT2D eigenvalue weighted by Crippen LogP contribution is -2.42. The largest absolute Gasteiger partial charge is 0.273 e. The van der Waals surface area contributed by atoms with Crippen molar-refractivity contribution >= 4 is 33.7 Å². The zero-order valence-corrected chi connectivity index (χ0v) is 16.5. The van der Waals surface area contributed by atoms with Crippen molar-refractivity contribution in [1.29, 1.82) is 0 Å². The Morgan fingerprint density at radius 2 is 1.71 bits per heavy atom. The molecule has 2 aromatic rings. The van der Waals surface area contributed by atoms with Crippen molar-refractivity contribution in [2.24, 2.45) is 11.0 Å². The zero-order valence-electron chi connectivity index (χ0n) is 14.9. The topological polar surface area (TPSA) is 78.8 Å². The molecule has 148 valence electrons. The van der Waals surface area contributed by atoms with E-state index in [4.69, 9.17) is 11.6 Å². The summed E-state index contributed by atoms with van der Waals surface area (Å²) in [6.45, 7) is 0.509. The molecule has 0 unspecified atom stereocenters. The van der Waals surface area contributed by atoms with Gasteiger partial charge in [-0.3, -0.25) is 4.79 Å². The molecule has 28 heavy (non-hydrogen) atoms. The number of benzene rings is 2. The molecule has 3 rings (SSSR count). The van der Waals surface area contributed by atoms with Crippen LogP contribution in [-0.4, -0.2) is 37.9 Å². The van der Waals surface area contributed by atoms with E-state index in [-0.39, 0.29) is 35.6 Å². The van der Waals surface area contributed by atoms with E-state index in [1.807, 2.05) is 0 Å². The van der Waals surface area contributed by atoms with Crippen LogP contribution in [0.5, 0.6) is 0 Å². The number of nitrogens with one attached hydrogen (secondary N) is 1. The average molecular weight is 424 g/mol. The molecule has 0 saturated carbocycles. The molecule has 0 aliphatic carbocycles. The number of nitrogens with zero attached hydrogens (tertiary/aromatic N) is 2. The van der Waals surface area contributed by atoms with Gasteiger partial charge in [-0.15, -0.1) is 0 Å². The highest BCUT2D eigenvalue weighted by Crippen LogP contribution is 2.24. The van der Waals surface area contributed by atoms with Gasteiger partial charge in [0.2, 0.25) is 15.9 Å². The van der Waals surface area contributed by atoms with E-state index in [0.29, 0.717) is 23.4 Å². The molecule has 1 fully saturated rings. The number of amides is 1. The number of carbonyl (C=O) groups is 1. The second-order valence-corrected chi connectivity index (χ2v) is 8.79. The predicted molar refractivity (Wildman–Crippen MR) is 105 cm³/mol. The van der Waals surface area contributed by atoms with Gasteiger partial charge in [0.25, 0.3) is 0 Å². The maximum atomic E-state index is 12.9. The van der Waals surface area contributed by atoms with Gasteiger partial charge in [0.1, 0.15) is 5.82 Å². The van der Waals surface area contributed by atoms with E-state index in [0.717, 1.165) is 0 Å². The van der Waals surface area contributed by atoms with Crippen LogP contribution in [0.1, 0.15) is 18.4 Å². The third-order valence-corrected chi connectivity index (χ3v) is 6.70. The molecule has 0 aromatic heterocycles. The van der Waals surface area contributed by atoms with Crippen LogP contribution >= 0.6 is 11.6 Å². The molecule has 1 saturated heterocycles. The average Bonchev–Trinajstić information content (AvgIpc) is 2.70. The fraction of sp³-hybridized carbons (Fsp3) is 0.263. The molecule has 1 aliphatic rings. The first-order valence-corrected chi connectivity index (χ1v) is 10.5. The molecule has 0 atom stereocenters. The normalized spacial score (nSPS) is 16.4. The molecule has 9 heteroatoms. The van der Waals surface area contributed by atoms with Crippen molar-refractivity contribution in [1.82, 2.24) is 9.73 Å². The Balaban J connectivity index is 1.53. The Morgan fingerprint density at radius 1 is 1.11 bits per heavy atom. The highest BCUT2D eigenvalue weighted by Gasteiger charge is 2.32. The molecule has 0 spiro atoms. The Hall–Kier alpha value is -2.29. The van der Waals surface area contributed by atoms with Gasteiger partial charge in [-0.05, 0) is 54.8 Å². The third kappa shape index (κ3) is 4.95. The number of sulfonamides is 1. The Kier molecular flexibility index (Phi) is 6.43. The Bertz CT molecular complexity index is 955. The van der Waals surface area contributed by atoms with Gasteiger partial charge in [-0.1, -0.05) is 23.7 Å². The molecule has 1 aliphatic heterocycles. The number of hydrogen-bond acceptors (Lipinski definition) is 4. The van der Waals surface area contributed by atoms with Crippen molar-refractivity contribution in [2.45, 2.75) is 17.7 Å². The minimum absolute atomic E-state index is 0.184. The maximum absolute atomic E-state index is 12.9. The molecule has 1 amide bonds. The Labute approximate surface area is 168 Å². The van der Waals surface area contributed by atoms with E-state index >= 15 is 0 Å². The lowest BCUT2D eigenvalue weighted by Gasteiger charge is -2.30. The van der Waals surface area contributed by atoms with E-state index in [1.54, 1.807) is 12.1 Å². The maximum Gasteiger partial charge on any atom is 0.243 e. The van der Waals surface area contributed by atoms with Gasteiger partial charge in [0.05, 0.1) is 11.1 Å². The number of hydrazone groups is 1. The molecule has 2 aromatic carbocycles. The van der Waals surface area contributed by atoms with Crippen LogP contribution in [0.25, 0.3) is 0 Å². The van der Waals surface area contributed by atoms with Crippen LogP contribution in [0.3, 0.4) is 0 Å². The number of piperidine rings is 1. The van der Waals surface area contributed by atoms with E-state index in [1.165, 1.54) is 46.9 Å². The predicted octanol–water partition coefficient (Wildman–Crippen LogP) is 3.03. The second-order valence-electron chi connectivity index (χ2n) is 6.42. The first-order valence-electron chi connectivity index (χ1n) is 8.70. The SMILES string of the molecule is O=C(N/N=C\c1ccc(F)cc1)C1CCN(S(=O)(=O)c2ccc(Cl)cc2)CC1. The molecular formula is C19H19ClFN3O3S. The van der Waals surface area contributed by atoms with E-state index in [9.17, 15) is 17.6 Å². The summed E-state index contributed by atoms with van der Waals surface area (Å²) in [5, 5.41) is 4.35. The summed E-state index contributed by atoms with van der Waals surface area (Å²) in [7, 11) is -3.60. The minimum atomic E-state index is -3.60. The third-order valence-electron chi connectivity index (χ3n) is 4.53. The van der Waals surface area contributed by atoms with Crippen LogP contribution in [0.2, 0.25) is 5.02 Å². The van der Waals surface area contributed by atoms with Crippen molar-refractivity contribution in [3.8, 4) is 0 Å². The standard InChI is InChI=1S/C19H19ClFN3O3S/c20-16-3-7-18(8-4-16)28(26,27)24-11-9-15(10-12-24)19(25)23-22-13-14-1-5-17(21)6-2-14/h1-8,13,15H,9-12H2,(H,23,25)/b22-13-. The van der Waals surface area contributed by atoms with Crippen LogP contribution in [-0.2, 0) is 14.8 Å². The highest BCUT2D eigenvalue weighted by molar-refractivity contribution is 7.89. The van der Waals surface area contributed by atoms with Gasteiger partial charge < -0.3 is 0 Å². The van der Waals surface area contributed by atoms with E-state index < -0.39 is 10.0 Å². The summed E-state index contributed by atoms with van der Waals surface area (Å²) in [6, 6.07) is 11.7. The molecule has 6 nitrogen and oxygen atoms in total. The number of rotatable bonds is 5. The van der Waals surface area contributed by atoms with Crippen molar-refractivity contribution < 1.29 is 17.6 Å². The summed E-state index contributed by atoms with van der Waals surface area (Å²) in [6.07, 6.45) is 2.24. The van der Waals surface area contributed by atoms with Crippen molar-refractivity contribution in [3.63, 3.8) is 0 Å². The lowest BCUT2D eigenvalue weighted by atomic mass is 9.98. The number of hydrogen-bond donors (Lipinski definition) is 1. The molecule has 1 N–H and O–H groups in total. The van der Waals surface area contributed by atoms with Gasteiger partial charge in [-0.2, -0.15) is 9.41 Å². The second kappa shape index (κ2) is 8.81. The molecule has 0 bridgehead atoms. The van der Waals surface area contributed by atoms with E-state index in [2.05, 4.69) is 10.5 Å². The van der Waals surface area contributed by atoms with Gasteiger partial charge >= 0.3 is 0 Å². The zero-order chi connectivity index (χ0) is 20.1. The van der Waals surface area contributed by atoms with Crippen LogP contribution in [0.4, 0.5) is 4.39 Å². The van der Waals surface area contributed by atoms with Gasteiger partial charge in [0.15, 0.2) is 0 Å². The first kappa shape index (κ1) is 20.4. The van der Waals surface area contributed by atoms with Crippen molar-refractivity contribution in [2.75, 3.05) is 13.1 Å². The summed E-state index contributed by atoms with van der Waals surface area (Å²) in [4.78, 5) is 12.4. The fourth-order valence-electron chi connectivity index (χ4n) is 2.92. The summed E-state index contributed by atoms with van der Waals surface area (Å²) in [5.74, 6) is -0.926. The number of carbonyl (C=O) groups excluding carboxylic acids is 1. The monoisotopic (exact) mass is 423 g/mol. The summed E-state index contributed by atoms with van der Waals surface area (Å²) < 4.78 is 39.6. The summed E-state index contributed by atoms with van der Waals surface area (Å²) in [5.41, 5.74) is 3.12. The molecule has 0 radical (unpaired) electrons. The molecule has 1 heterocycles. The Morgan fingerprint density at radius 3 is 2.32 bits per heavy atom. The minimum Gasteiger partial charge on any atom is -0.273 e. The summed E-state index contributed by atoms with van der Waals surface area (Å²) >= 11 is 5.81. The van der Waals surface area contributed by atoms with Crippen LogP contribution in [0.15, 0.2) is 58.5 Å².